The first kappa shape index (κ1) is 31.2. The van der Waals surface area contributed by atoms with Crippen molar-refractivity contribution in [2.24, 2.45) is 5.41 Å². The van der Waals surface area contributed by atoms with Gasteiger partial charge in [0.1, 0.15) is 5.82 Å². The van der Waals surface area contributed by atoms with Crippen molar-refractivity contribution in [2.45, 2.75) is 46.1 Å². The minimum atomic E-state index is -0.766. The average molecular weight is 567 g/mol. The number of nitrogens with zero attached hydrogens (tertiary/aromatic N) is 4. The molecule has 1 fully saturated rings. The topological polar surface area (TPSA) is 61.6 Å². The van der Waals surface area contributed by atoms with Crippen LogP contribution in [-0.4, -0.2) is 87.8 Å². The monoisotopic (exact) mass is 566 g/mol. The Morgan fingerprint density at radius 1 is 0.878 bits per heavy atom. The van der Waals surface area contributed by atoms with Gasteiger partial charge in [0.15, 0.2) is 0 Å². The van der Waals surface area contributed by atoms with Crippen molar-refractivity contribution in [1.29, 1.82) is 0 Å². The minimum absolute atomic E-state index is 0. The molecule has 1 aromatic heterocycles. The van der Waals surface area contributed by atoms with Crippen LogP contribution in [0.3, 0.4) is 0 Å². The number of hydrogen-bond acceptors (Lipinski definition) is 4. The van der Waals surface area contributed by atoms with E-state index in [1.165, 1.54) is 17.7 Å². The molecule has 4 aromatic rings. The fraction of sp³-hybridized carbons (Fsp3) is 0.394. The van der Waals surface area contributed by atoms with Gasteiger partial charge in [-0.25, -0.2) is 9.37 Å². The number of halogens is 1. The van der Waals surface area contributed by atoms with E-state index in [2.05, 4.69) is 50.8 Å². The summed E-state index contributed by atoms with van der Waals surface area (Å²) in [5, 5.41) is 9.40. The number of para-hydroxylation sites is 2. The average Bonchev–Trinajstić information content (AvgIpc) is 3.28. The summed E-state index contributed by atoms with van der Waals surface area (Å²) in [7, 11) is 0. The van der Waals surface area contributed by atoms with Crippen LogP contribution in [0.15, 0.2) is 72.8 Å². The zero-order valence-corrected chi connectivity index (χ0v) is 23.5. The molecule has 1 aliphatic rings. The Hall–Kier alpha value is -2.71. The van der Waals surface area contributed by atoms with Crippen molar-refractivity contribution in [2.75, 3.05) is 37.6 Å². The van der Waals surface area contributed by atoms with Crippen molar-refractivity contribution >= 4 is 52.5 Å². The van der Waals surface area contributed by atoms with Crippen molar-refractivity contribution in [3.05, 3.63) is 95.3 Å². The van der Waals surface area contributed by atoms with Crippen LogP contribution in [0, 0.1) is 11.2 Å². The number of carboxylic acids is 1. The zero-order chi connectivity index (χ0) is 28.1. The Morgan fingerprint density at radius 2 is 1.49 bits per heavy atom. The van der Waals surface area contributed by atoms with Gasteiger partial charge in [0.05, 0.1) is 23.0 Å². The maximum atomic E-state index is 13.5. The molecular formula is C33H40FN4NaO2. The summed E-state index contributed by atoms with van der Waals surface area (Å²) in [5.74, 6) is 0.00655. The van der Waals surface area contributed by atoms with Gasteiger partial charge in [-0.1, -0.05) is 48.5 Å². The molecule has 0 aliphatic carbocycles. The molecule has 8 heteroatoms. The molecule has 0 unspecified atom stereocenters. The second kappa shape index (κ2) is 14.0. The van der Waals surface area contributed by atoms with E-state index in [1.54, 1.807) is 13.8 Å². The number of benzene rings is 3. The normalized spacial score (nSPS) is 14.9. The molecule has 0 atom stereocenters. The van der Waals surface area contributed by atoms with Gasteiger partial charge in [0.25, 0.3) is 0 Å². The van der Waals surface area contributed by atoms with E-state index >= 15 is 0 Å². The van der Waals surface area contributed by atoms with Crippen LogP contribution in [0.1, 0.15) is 43.4 Å². The van der Waals surface area contributed by atoms with Crippen LogP contribution in [0.25, 0.3) is 11.0 Å². The number of anilines is 1. The van der Waals surface area contributed by atoms with Crippen molar-refractivity contribution in [3.8, 4) is 0 Å². The number of imidazole rings is 1. The van der Waals surface area contributed by atoms with Gasteiger partial charge in [-0.3, -0.25) is 4.79 Å². The van der Waals surface area contributed by atoms with Gasteiger partial charge in [-0.2, -0.15) is 0 Å². The summed E-state index contributed by atoms with van der Waals surface area (Å²) in [6.45, 7) is 9.18. The Bertz CT molecular complexity index is 1430. The number of hydrogen-bond donors (Lipinski definition) is 1. The Balaban J connectivity index is 0.00000387. The van der Waals surface area contributed by atoms with Gasteiger partial charge in [0, 0.05) is 19.6 Å². The quantitative estimate of drug-likeness (QED) is 0.276. The number of rotatable bonds is 9. The third-order valence-electron chi connectivity index (χ3n) is 7.94. The molecule has 0 radical (unpaired) electrons. The molecule has 41 heavy (non-hydrogen) atoms. The van der Waals surface area contributed by atoms with E-state index in [-0.39, 0.29) is 35.4 Å². The molecule has 0 spiro atoms. The zero-order valence-electron chi connectivity index (χ0n) is 23.5. The van der Waals surface area contributed by atoms with Gasteiger partial charge >= 0.3 is 35.5 Å². The van der Waals surface area contributed by atoms with E-state index < -0.39 is 11.4 Å². The first-order chi connectivity index (χ1) is 19.3. The molecule has 212 valence electrons. The summed E-state index contributed by atoms with van der Waals surface area (Å²) >= 11 is 0. The predicted octanol–water partition coefficient (Wildman–Crippen LogP) is 5.37. The van der Waals surface area contributed by atoms with Crippen molar-refractivity contribution < 1.29 is 14.3 Å². The summed E-state index contributed by atoms with van der Waals surface area (Å²) < 4.78 is 15.8. The molecule has 1 N–H and O–H groups in total. The SMILES string of the molecule is CC(C)(Cc1ccc(CCN2CCCN(c3nc4ccccc4n3Cc3ccc(F)cc3)CCC2)cc1)C(=O)O.[NaH]. The summed E-state index contributed by atoms with van der Waals surface area (Å²) in [6.07, 6.45) is 3.63. The van der Waals surface area contributed by atoms with Crippen LogP contribution in [-0.2, 0) is 24.2 Å². The molecule has 0 amide bonds. The molecular weight excluding hydrogens is 526 g/mol. The van der Waals surface area contributed by atoms with Gasteiger partial charge in [-0.15, -0.1) is 0 Å². The van der Waals surface area contributed by atoms with Gasteiger partial charge in [-0.05, 0) is 93.6 Å². The molecule has 1 aliphatic heterocycles. The molecule has 0 saturated carbocycles. The number of aliphatic carboxylic acids is 1. The van der Waals surface area contributed by atoms with E-state index in [0.29, 0.717) is 13.0 Å². The maximum absolute atomic E-state index is 13.5. The predicted molar refractivity (Wildman–Crippen MR) is 166 cm³/mol. The Labute approximate surface area is 264 Å². The van der Waals surface area contributed by atoms with Gasteiger partial charge in [0.2, 0.25) is 5.95 Å². The van der Waals surface area contributed by atoms with Gasteiger partial charge < -0.3 is 19.5 Å². The summed E-state index contributed by atoms with van der Waals surface area (Å²) in [4.78, 5) is 21.4. The van der Waals surface area contributed by atoms with Crippen LogP contribution in [0.2, 0.25) is 0 Å². The third-order valence-corrected chi connectivity index (χ3v) is 7.94. The summed E-state index contributed by atoms with van der Waals surface area (Å²) in [5.41, 5.74) is 4.74. The molecule has 1 saturated heterocycles. The molecule has 5 rings (SSSR count). The van der Waals surface area contributed by atoms with Crippen LogP contribution >= 0.6 is 0 Å². The summed E-state index contributed by atoms with van der Waals surface area (Å²) in [6, 6.07) is 23.4. The fourth-order valence-electron chi connectivity index (χ4n) is 5.55. The van der Waals surface area contributed by atoms with Crippen LogP contribution in [0.4, 0.5) is 10.3 Å². The van der Waals surface area contributed by atoms with Crippen LogP contribution < -0.4 is 4.90 Å². The fourth-order valence-corrected chi connectivity index (χ4v) is 5.55. The van der Waals surface area contributed by atoms with Crippen molar-refractivity contribution in [3.63, 3.8) is 0 Å². The van der Waals surface area contributed by atoms with E-state index in [1.807, 2.05) is 24.3 Å². The molecule has 2 heterocycles. The number of carboxylic acid groups (broad SMARTS) is 1. The van der Waals surface area contributed by atoms with Crippen molar-refractivity contribution in [1.82, 2.24) is 14.5 Å². The Morgan fingerprint density at radius 3 is 2.15 bits per heavy atom. The first-order valence-corrected chi connectivity index (χ1v) is 14.3. The van der Waals surface area contributed by atoms with E-state index in [4.69, 9.17) is 4.98 Å². The third kappa shape index (κ3) is 7.98. The number of fused-ring (bicyclic) bond motifs is 1. The number of carbonyl (C=O) groups is 1. The molecule has 3 aromatic carbocycles. The standard InChI is InChI=1S/C33H39FN4O2.Na.H/c1-33(2,31(39)40)23-26-11-9-25(10-12-26)17-22-36-18-5-20-37(21-6-19-36)32-35-29-7-3-4-8-30(29)38(32)24-27-13-15-28(34)16-14-27;;/h3-4,7-16H,5-6,17-24H2,1-2H3,(H,39,40);;. The number of aromatic nitrogens is 2. The Kier molecular flexibility index (Phi) is 10.6. The second-order valence-corrected chi connectivity index (χ2v) is 11.6. The first-order valence-electron chi connectivity index (χ1n) is 14.3. The molecule has 0 bridgehead atoms. The van der Waals surface area contributed by atoms with E-state index in [0.717, 1.165) is 80.1 Å². The second-order valence-electron chi connectivity index (χ2n) is 11.6. The van der Waals surface area contributed by atoms with E-state index in [9.17, 15) is 14.3 Å². The van der Waals surface area contributed by atoms with Crippen LogP contribution in [0.5, 0.6) is 0 Å². The molecule has 6 nitrogen and oxygen atoms in total.